The summed E-state index contributed by atoms with van der Waals surface area (Å²) in [4.78, 5) is 9.35. The van der Waals surface area contributed by atoms with Crippen LogP contribution in [0.5, 0.6) is 0 Å². The molecule has 1 saturated carbocycles. The van der Waals surface area contributed by atoms with E-state index in [0.29, 0.717) is 12.0 Å². The van der Waals surface area contributed by atoms with Crippen molar-refractivity contribution in [3.05, 3.63) is 65.5 Å². The van der Waals surface area contributed by atoms with Gasteiger partial charge in [0.1, 0.15) is 5.60 Å². The maximum Gasteiger partial charge on any atom is 0.125 e. The predicted molar refractivity (Wildman–Crippen MR) is 130 cm³/mol. The van der Waals surface area contributed by atoms with Crippen LogP contribution in [-0.4, -0.2) is 68.9 Å². The lowest BCUT2D eigenvalue weighted by Crippen LogP contribution is -2.67. The van der Waals surface area contributed by atoms with E-state index in [1.54, 1.807) is 0 Å². The molecule has 0 bridgehead atoms. The Labute approximate surface area is 197 Å². The van der Waals surface area contributed by atoms with Crippen molar-refractivity contribution in [2.24, 2.45) is 0 Å². The van der Waals surface area contributed by atoms with Crippen LogP contribution in [0.1, 0.15) is 61.1 Å². The van der Waals surface area contributed by atoms with E-state index >= 15 is 0 Å². The summed E-state index contributed by atoms with van der Waals surface area (Å²) in [5, 5.41) is 20.7. The molecule has 0 unspecified atom stereocenters. The molecule has 33 heavy (non-hydrogen) atoms. The molecule has 3 aliphatic rings. The molecule has 2 aliphatic heterocycles. The molecule has 2 saturated heterocycles. The highest BCUT2D eigenvalue weighted by atomic mass is 16.3. The second kappa shape index (κ2) is 9.95. The lowest BCUT2D eigenvalue weighted by atomic mass is 9.74. The van der Waals surface area contributed by atoms with Crippen molar-refractivity contribution in [2.45, 2.75) is 68.7 Å². The van der Waals surface area contributed by atoms with Gasteiger partial charge in [-0.05, 0) is 80.9 Å². The fourth-order valence-electron chi connectivity index (χ4n) is 5.97. The van der Waals surface area contributed by atoms with Gasteiger partial charge in [0, 0.05) is 49.0 Å². The Morgan fingerprint density at radius 1 is 1.03 bits per heavy atom. The van der Waals surface area contributed by atoms with Crippen molar-refractivity contribution in [1.82, 2.24) is 14.8 Å². The van der Waals surface area contributed by atoms with Crippen LogP contribution in [-0.2, 0) is 6.54 Å². The minimum atomic E-state index is -0.800. The fraction of sp³-hybridized carbons (Fsp3) is 0.536. The summed E-state index contributed by atoms with van der Waals surface area (Å²) in [6.45, 7) is 4.29. The first kappa shape index (κ1) is 22.6. The lowest BCUT2D eigenvalue weighted by Gasteiger charge is -2.57. The first-order chi connectivity index (χ1) is 16.1. The van der Waals surface area contributed by atoms with Crippen LogP contribution in [0.2, 0.25) is 0 Å². The average molecular weight is 446 g/mol. The molecule has 2 N–H and O–H groups in total. The SMILES string of the molecule is OC[C@H]1[C@@H](c2ccc(C#CC3(O)CCCC3)cc2)[C@H]2CN(Cc3cccnc3)CCCCN21. The summed E-state index contributed by atoms with van der Waals surface area (Å²) in [6.07, 6.45) is 9.83. The van der Waals surface area contributed by atoms with Crippen LogP contribution in [0.15, 0.2) is 48.8 Å². The monoisotopic (exact) mass is 445 g/mol. The largest absolute Gasteiger partial charge is 0.395 e. The number of fused-ring (bicyclic) bond motifs is 1. The van der Waals surface area contributed by atoms with E-state index in [9.17, 15) is 10.2 Å². The van der Waals surface area contributed by atoms with E-state index in [4.69, 9.17) is 0 Å². The van der Waals surface area contributed by atoms with Crippen molar-refractivity contribution < 1.29 is 10.2 Å². The third-order valence-electron chi connectivity index (χ3n) is 7.75. The minimum Gasteiger partial charge on any atom is -0.395 e. The predicted octanol–water partition coefficient (Wildman–Crippen LogP) is 3.16. The third kappa shape index (κ3) is 5.00. The standard InChI is InChI=1S/C28H35N3O2/c32-21-26-27(24-9-7-22(8-10-24)11-14-28(33)12-1-2-13-28)25-20-30(16-3-4-17-31(25)26)19-23-6-5-15-29-18-23/h5-10,15,18,25-27,32-33H,1-4,12-13,16-17,19-21H2/t25-,26+,27+/m1/s1. The number of rotatable bonds is 4. The third-order valence-corrected chi connectivity index (χ3v) is 7.75. The topological polar surface area (TPSA) is 59.8 Å². The number of hydrogen-bond acceptors (Lipinski definition) is 5. The van der Waals surface area contributed by atoms with Gasteiger partial charge >= 0.3 is 0 Å². The summed E-state index contributed by atoms with van der Waals surface area (Å²) in [5.41, 5.74) is 2.69. The number of nitrogens with zero attached hydrogens (tertiary/aromatic N) is 3. The highest BCUT2D eigenvalue weighted by Gasteiger charge is 2.49. The summed E-state index contributed by atoms with van der Waals surface area (Å²) < 4.78 is 0. The molecule has 174 valence electrons. The summed E-state index contributed by atoms with van der Waals surface area (Å²) in [6, 6.07) is 13.3. The van der Waals surface area contributed by atoms with Gasteiger partial charge in [-0.1, -0.05) is 30.0 Å². The number of hydrogen-bond donors (Lipinski definition) is 2. The molecule has 3 heterocycles. The fourth-order valence-corrected chi connectivity index (χ4v) is 5.97. The van der Waals surface area contributed by atoms with Gasteiger partial charge in [0.15, 0.2) is 0 Å². The van der Waals surface area contributed by atoms with E-state index in [0.717, 1.165) is 57.4 Å². The molecule has 3 atom stereocenters. The summed E-state index contributed by atoms with van der Waals surface area (Å²) in [7, 11) is 0. The van der Waals surface area contributed by atoms with Gasteiger partial charge in [0.05, 0.1) is 6.61 Å². The Bertz CT molecular complexity index is 976. The second-order valence-electron chi connectivity index (χ2n) is 10.00. The maximum atomic E-state index is 10.5. The highest BCUT2D eigenvalue weighted by molar-refractivity contribution is 5.40. The first-order valence-electron chi connectivity index (χ1n) is 12.5. The van der Waals surface area contributed by atoms with Crippen molar-refractivity contribution in [3.8, 4) is 11.8 Å². The molecule has 2 aromatic rings. The van der Waals surface area contributed by atoms with Crippen molar-refractivity contribution in [2.75, 3.05) is 26.2 Å². The zero-order chi connectivity index (χ0) is 22.7. The molecule has 5 heteroatoms. The number of aliphatic hydroxyl groups is 2. The summed E-state index contributed by atoms with van der Waals surface area (Å²) >= 11 is 0. The van der Waals surface area contributed by atoms with Gasteiger partial charge in [0.25, 0.3) is 0 Å². The molecule has 0 amide bonds. The van der Waals surface area contributed by atoms with Crippen molar-refractivity contribution in [1.29, 1.82) is 0 Å². The number of aromatic nitrogens is 1. The van der Waals surface area contributed by atoms with E-state index in [2.05, 4.69) is 57.0 Å². The molecule has 1 aromatic heterocycles. The Morgan fingerprint density at radius 3 is 2.55 bits per heavy atom. The first-order valence-corrected chi connectivity index (χ1v) is 12.5. The summed E-state index contributed by atoms with van der Waals surface area (Å²) in [5.74, 6) is 6.62. The Kier molecular flexibility index (Phi) is 6.80. The average Bonchev–Trinajstić information content (AvgIpc) is 3.26. The van der Waals surface area contributed by atoms with Crippen LogP contribution >= 0.6 is 0 Å². The zero-order valence-electron chi connectivity index (χ0n) is 19.4. The van der Waals surface area contributed by atoms with E-state index in [1.807, 2.05) is 18.5 Å². The number of benzene rings is 1. The Morgan fingerprint density at radius 2 is 1.82 bits per heavy atom. The van der Waals surface area contributed by atoms with E-state index in [-0.39, 0.29) is 12.6 Å². The van der Waals surface area contributed by atoms with Crippen molar-refractivity contribution in [3.63, 3.8) is 0 Å². The lowest BCUT2D eigenvalue weighted by molar-refractivity contribution is -0.0655. The molecular weight excluding hydrogens is 410 g/mol. The van der Waals surface area contributed by atoms with Crippen LogP contribution in [0.25, 0.3) is 0 Å². The van der Waals surface area contributed by atoms with Crippen LogP contribution in [0.3, 0.4) is 0 Å². The van der Waals surface area contributed by atoms with Crippen LogP contribution in [0.4, 0.5) is 0 Å². The van der Waals surface area contributed by atoms with Gasteiger partial charge in [-0.25, -0.2) is 0 Å². The second-order valence-corrected chi connectivity index (χ2v) is 10.00. The molecule has 0 radical (unpaired) electrons. The normalized spacial score (nSPS) is 27.5. The van der Waals surface area contributed by atoms with E-state index < -0.39 is 5.60 Å². The molecule has 5 nitrogen and oxygen atoms in total. The van der Waals surface area contributed by atoms with Crippen LogP contribution < -0.4 is 0 Å². The molecular formula is C28H35N3O2. The molecule has 1 aliphatic carbocycles. The quantitative estimate of drug-likeness (QED) is 0.708. The van der Waals surface area contributed by atoms with Crippen LogP contribution in [0, 0.1) is 11.8 Å². The van der Waals surface area contributed by atoms with Crippen molar-refractivity contribution >= 4 is 0 Å². The van der Waals surface area contributed by atoms with Gasteiger partial charge in [-0.3, -0.25) is 14.8 Å². The Balaban J connectivity index is 1.31. The molecule has 1 aromatic carbocycles. The van der Waals surface area contributed by atoms with Gasteiger partial charge in [-0.2, -0.15) is 0 Å². The maximum absolute atomic E-state index is 10.5. The minimum absolute atomic E-state index is 0.185. The van der Waals surface area contributed by atoms with E-state index in [1.165, 1.54) is 24.0 Å². The molecule has 0 spiro atoms. The number of aliphatic hydroxyl groups excluding tert-OH is 1. The Hall–Kier alpha value is -2.23. The van der Waals surface area contributed by atoms with Gasteiger partial charge in [-0.15, -0.1) is 0 Å². The van der Waals surface area contributed by atoms with Gasteiger partial charge in [0.2, 0.25) is 0 Å². The van der Waals surface area contributed by atoms with Gasteiger partial charge < -0.3 is 10.2 Å². The molecule has 3 fully saturated rings. The molecule has 5 rings (SSSR count). The zero-order valence-corrected chi connectivity index (χ0v) is 19.4. The smallest absolute Gasteiger partial charge is 0.125 e. The highest BCUT2D eigenvalue weighted by Crippen LogP contribution is 2.42. The number of pyridine rings is 1.